The van der Waals surface area contributed by atoms with Crippen molar-refractivity contribution in [2.24, 2.45) is 0 Å². The van der Waals surface area contributed by atoms with E-state index in [0.717, 1.165) is 61.1 Å². The van der Waals surface area contributed by atoms with E-state index in [1.807, 2.05) is 32.9 Å². The molecule has 0 atom stereocenters. The van der Waals surface area contributed by atoms with Crippen LogP contribution in [0.25, 0.3) is 12.2 Å². The molecular weight excluding hydrogens is 492 g/mol. The molecule has 0 saturated carbocycles. The van der Waals surface area contributed by atoms with Crippen molar-refractivity contribution in [2.75, 3.05) is 13.1 Å². The summed E-state index contributed by atoms with van der Waals surface area (Å²) < 4.78 is 0. The normalized spacial score (nSPS) is 18.8. The maximum absolute atomic E-state index is 12.9. The fraction of sp³-hybridized carbons (Fsp3) is 0.200. The molecule has 2 saturated heterocycles. The highest BCUT2D eigenvalue weighted by Crippen LogP contribution is 2.35. The van der Waals surface area contributed by atoms with Crippen molar-refractivity contribution in [3.05, 3.63) is 79.0 Å². The van der Waals surface area contributed by atoms with Crippen molar-refractivity contribution in [1.29, 1.82) is 0 Å². The minimum Gasteiger partial charge on any atom is -0.268 e. The Balaban J connectivity index is 1.46. The smallest absolute Gasteiger partial charge is 0.268 e. The number of nitrogens with zero attached hydrogens (tertiary/aromatic N) is 2. The molecule has 2 aromatic carbocycles. The quantitative estimate of drug-likeness (QED) is 0.455. The van der Waals surface area contributed by atoms with Gasteiger partial charge in [0.1, 0.15) is 0 Å². The van der Waals surface area contributed by atoms with E-state index in [-0.39, 0.29) is 18.0 Å². The fourth-order valence-corrected chi connectivity index (χ4v) is 5.68. The van der Waals surface area contributed by atoms with Gasteiger partial charge in [-0.25, -0.2) is 0 Å². The predicted molar refractivity (Wildman–Crippen MR) is 137 cm³/mol. The molecule has 9 heteroatoms. The van der Waals surface area contributed by atoms with Crippen LogP contribution in [0.5, 0.6) is 0 Å². The molecule has 0 bridgehead atoms. The highest BCUT2D eigenvalue weighted by molar-refractivity contribution is 8.18. The van der Waals surface area contributed by atoms with Crippen LogP contribution in [-0.4, -0.2) is 45.2 Å². The molecule has 0 spiro atoms. The maximum Gasteiger partial charge on any atom is 0.293 e. The molecule has 2 aliphatic rings. The van der Waals surface area contributed by atoms with E-state index in [9.17, 15) is 19.2 Å². The number of amides is 4. The molecule has 0 radical (unpaired) electrons. The number of benzene rings is 2. The van der Waals surface area contributed by atoms with Crippen LogP contribution >= 0.6 is 35.1 Å². The molecule has 174 valence electrons. The van der Waals surface area contributed by atoms with Gasteiger partial charge in [-0.15, -0.1) is 0 Å². The number of aryl methyl sites for hydroxylation is 3. The van der Waals surface area contributed by atoms with E-state index in [1.165, 1.54) is 0 Å². The average molecular weight is 513 g/mol. The summed E-state index contributed by atoms with van der Waals surface area (Å²) in [4.78, 5) is 53.4. The van der Waals surface area contributed by atoms with Crippen LogP contribution in [0.2, 0.25) is 5.02 Å². The van der Waals surface area contributed by atoms with E-state index in [1.54, 1.807) is 36.4 Å². The largest absolute Gasteiger partial charge is 0.293 e. The zero-order chi connectivity index (χ0) is 24.6. The van der Waals surface area contributed by atoms with Gasteiger partial charge < -0.3 is 0 Å². The van der Waals surface area contributed by atoms with Crippen molar-refractivity contribution in [3.8, 4) is 0 Å². The second kappa shape index (κ2) is 9.82. The molecule has 34 heavy (non-hydrogen) atoms. The van der Waals surface area contributed by atoms with Crippen LogP contribution in [0.3, 0.4) is 0 Å². The first kappa shape index (κ1) is 24.3. The molecule has 0 aromatic heterocycles. The van der Waals surface area contributed by atoms with Crippen LogP contribution in [0.1, 0.15) is 27.8 Å². The highest BCUT2D eigenvalue weighted by atomic mass is 35.5. The molecule has 0 N–H and O–H groups in total. The minimum absolute atomic E-state index is 0.0554. The van der Waals surface area contributed by atoms with E-state index in [0.29, 0.717) is 9.93 Å². The van der Waals surface area contributed by atoms with Gasteiger partial charge in [-0.2, -0.15) is 0 Å². The summed E-state index contributed by atoms with van der Waals surface area (Å²) in [7, 11) is 0. The predicted octanol–water partition coefficient (Wildman–Crippen LogP) is 6.04. The monoisotopic (exact) mass is 512 g/mol. The number of carbonyl (C=O) groups excluding carboxylic acids is 4. The summed E-state index contributed by atoms with van der Waals surface area (Å²) in [5.41, 5.74) is 4.83. The SMILES string of the molecule is Cc1cc(C)c(/C=C2\SC(=O)N(CCN3C(=O)S/C(=C/c4ccc(Cl)cc4)C3=O)C2=O)c(C)c1. The highest BCUT2D eigenvalue weighted by Gasteiger charge is 2.39. The van der Waals surface area contributed by atoms with Gasteiger partial charge in [0.25, 0.3) is 22.3 Å². The molecule has 0 aliphatic carbocycles. The van der Waals surface area contributed by atoms with Gasteiger partial charge in [-0.3, -0.25) is 29.0 Å². The Hall–Kier alpha value is -2.81. The maximum atomic E-state index is 12.9. The Bertz CT molecular complexity index is 1260. The first-order valence-electron chi connectivity index (χ1n) is 10.5. The van der Waals surface area contributed by atoms with Crippen LogP contribution in [0.4, 0.5) is 9.59 Å². The summed E-state index contributed by atoms with van der Waals surface area (Å²) in [5, 5.41) is -0.273. The fourth-order valence-electron chi connectivity index (χ4n) is 3.85. The Labute approximate surface area is 211 Å². The van der Waals surface area contributed by atoms with Gasteiger partial charge in [0, 0.05) is 18.1 Å². The number of imide groups is 2. The zero-order valence-corrected chi connectivity index (χ0v) is 21.1. The van der Waals surface area contributed by atoms with Crippen LogP contribution in [-0.2, 0) is 9.59 Å². The Morgan fingerprint density at radius 2 is 1.24 bits per heavy atom. The van der Waals surface area contributed by atoms with Gasteiger partial charge >= 0.3 is 0 Å². The van der Waals surface area contributed by atoms with Gasteiger partial charge in [0.15, 0.2) is 0 Å². The van der Waals surface area contributed by atoms with Gasteiger partial charge in [-0.1, -0.05) is 41.4 Å². The van der Waals surface area contributed by atoms with Crippen LogP contribution in [0.15, 0.2) is 46.2 Å². The Morgan fingerprint density at radius 3 is 1.74 bits per heavy atom. The Morgan fingerprint density at radius 1 is 0.765 bits per heavy atom. The van der Waals surface area contributed by atoms with E-state index >= 15 is 0 Å². The van der Waals surface area contributed by atoms with Gasteiger partial charge in [-0.05, 0) is 90.8 Å². The van der Waals surface area contributed by atoms with Gasteiger partial charge in [0.2, 0.25) is 0 Å². The molecule has 4 rings (SSSR count). The average Bonchev–Trinajstić information content (AvgIpc) is 3.19. The molecule has 2 fully saturated rings. The molecule has 2 aromatic rings. The molecule has 6 nitrogen and oxygen atoms in total. The third-order valence-electron chi connectivity index (χ3n) is 5.48. The lowest BCUT2D eigenvalue weighted by Gasteiger charge is -2.17. The van der Waals surface area contributed by atoms with E-state index < -0.39 is 22.3 Å². The second-order valence-electron chi connectivity index (χ2n) is 8.03. The standard InChI is InChI=1S/C25H21ClN2O4S2/c1-14-10-15(2)19(16(3)11-14)13-21-23(30)28(25(32)34-21)9-8-27-22(29)20(33-24(27)31)12-17-4-6-18(26)7-5-17/h4-7,10-13H,8-9H2,1-3H3/b20-12+,21-13-. The van der Waals surface area contributed by atoms with Crippen LogP contribution < -0.4 is 0 Å². The lowest BCUT2D eigenvalue weighted by molar-refractivity contribution is -0.125. The number of rotatable bonds is 5. The van der Waals surface area contributed by atoms with Crippen molar-refractivity contribution in [1.82, 2.24) is 9.80 Å². The van der Waals surface area contributed by atoms with Crippen molar-refractivity contribution < 1.29 is 19.2 Å². The summed E-state index contributed by atoms with van der Waals surface area (Å²) >= 11 is 7.59. The lowest BCUT2D eigenvalue weighted by atomic mass is 9.99. The van der Waals surface area contributed by atoms with E-state index in [4.69, 9.17) is 11.6 Å². The summed E-state index contributed by atoms with van der Waals surface area (Å²) in [5.74, 6) is -0.864. The second-order valence-corrected chi connectivity index (χ2v) is 10.5. The number of hydrogen-bond donors (Lipinski definition) is 0. The zero-order valence-electron chi connectivity index (χ0n) is 18.8. The molecule has 2 heterocycles. The summed E-state index contributed by atoms with van der Waals surface area (Å²) in [6.07, 6.45) is 3.36. The Kier molecular flexibility index (Phi) is 7.02. The molecule has 2 aliphatic heterocycles. The van der Waals surface area contributed by atoms with Gasteiger partial charge in [0.05, 0.1) is 9.81 Å². The molecular formula is C25H21ClN2O4S2. The lowest BCUT2D eigenvalue weighted by Crippen LogP contribution is -2.39. The number of carbonyl (C=O) groups is 4. The minimum atomic E-state index is -0.446. The van der Waals surface area contributed by atoms with Crippen molar-refractivity contribution >= 4 is 69.6 Å². The van der Waals surface area contributed by atoms with Crippen LogP contribution in [0, 0.1) is 20.8 Å². The first-order valence-corrected chi connectivity index (χ1v) is 12.5. The first-order chi connectivity index (χ1) is 16.1. The van der Waals surface area contributed by atoms with Crippen molar-refractivity contribution in [3.63, 3.8) is 0 Å². The van der Waals surface area contributed by atoms with Crippen molar-refractivity contribution in [2.45, 2.75) is 20.8 Å². The third kappa shape index (κ3) is 4.99. The number of halogens is 1. The topological polar surface area (TPSA) is 74.8 Å². The third-order valence-corrected chi connectivity index (χ3v) is 7.54. The molecule has 0 unspecified atom stereocenters. The summed E-state index contributed by atoms with van der Waals surface area (Å²) in [6.45, 7) is 5.82. The van der Waals surface area contributed by atoms with E-state index in [2.05, 4.69) is 0 Å². The number of thioether (sulfide) groups is 2. The molecule has 4 amide bonds. The number of hydrogen-bond acceptors (Lipinski definition) is 6. The summed E-state index contributed by atoms with van der Waals surface area (Å²) in [6, 6.07) is 11.0.